The van der Waals surface area contributed by atoms with Gasteiger partial charge in [0.1, 0.15) is 0 Å². The molecule has 3 aromatic rings. The molecule has 4 heteroatoms. The average Bonchev–Trinajstić information content (AvgIpc) is 2.80. The molecular formula is C20H22N2OS. The molecule has 0 saturated carbocycles. The summed E-state index contributed by atoms with van der Waals surface area (Å²) in [5, 5.41) is 0. The zero-order valence-electron chi connectivity index (χ0n) is 14.8. The zero-order valence-corrected chi connectivity index (χ0v) is 15.6. The fraction of sp³-hybridized carbons (Fsp3) is 0.300. The van der Waals surface area contributed by atoms with Crippen LogP contribution in [0.5, 0.6) is 0 Å². The van der Waals surface area contributed by atoms with E-state index in [1.54, 1.807) is 11.3 Å². The molecular weight excluding hydrogens is 316 g/mol. The highest BCUT2D eigenvalue weighted by Crippen LogP contribution is 2.22. The molecule has 0 unspecified atom stereocenters. The van der Waals surface area contributed by atoms with Crippen molar-refractivity contribution in [2.45, 2.75) is 34.1 Å². The minimum Gasteiger partial charge on any atom is -0.319 e. The van der Waals surface area contributed by atoms with Crippen LogP contribution in [0.3, 0.4) is 0 Å². The molecule has 0 aliphatic heterocycles. The van der Waals surface area contributed by atoms with Crippen molar-refractivity contribution in [1.82, 2.24) is 4.57 Å². The van der Waals surface area contributed by atoms with E-state index in [4.69, 9.17) is 0 Å². The van der Waals surface area contributed by atoms with Crippen molar-refractivity contribution in [3.63, 3.8) is 0 Å². The SMILES string of the molecule is Cc1ccc(C)c(CC(=O)N=c2sc3c(C)cc(C)cc3n2C)c1. The Hall–Kier alpha value is -2.20. The smallest absolute Gasteiger partial charge is 0.252 e. The van der Waals surface area contributed by atoms with Gasteiger partial charge < -0.3 is 4.57 Å². The highest BCUT2D eigenvalue weighted by atomic mass is 32.1. The molecule has 0 fully saturated rings. The van der Waals surface area contributed by atoms with Gasteiger partial charge in [0.2, 0.25) is 0 Å². The Bertz CT molecular complexity index is 1010. The fourth-order valence-corrected chi connectivity index (χ4v) is 4.06. The quantitative estimate of drug-likeness (QED) is 0.691. The van der Waals surface area contributed by atoms with Crippen molar-refractivity contribution in [3.8, 4) is 0 Å². The van der Waals surface area contributed by atoms with Gasteiger partial charge in [0.05, 0.1) is 16.6 Å². The van der Waals surface area contributed by atoms with Gasteiger partial charge >= 0.3 is 0 Å². The highest BCUT2D eigenvalue weighted by molar-refractivity contribution is 7.16. The van der Waals surface area contributed by atoms with E-state index in [0.29, 0.717) is 6.42 Å². The van der Waals surface area contributed by atoms with Crippen LogP contribution in [0.15, 0.2) is 35.3 Å². The van der Waals surface area contributed by atoms with Crippen LogP contribution < -0.4 is 4.80 Å². The lowest BCUT2D eigenvalue weighted by molar-refractivity contribution is -0.117. The van der Waals surface area contributed by atoms with Crippen molar-refractivity contribution < 1.29 is 4.79 Å². The first-order valence-electron chi connectivity index (χ1n) is 8.05. The van der Waals surface area contributed by atoms with Crippen LogP contribution >= 0.6 is 11.3 Å². The van der Waals surface area contributed by atoms with Gasteiger partial charge in [-0.3, -0.25) is 4.79 Å². The Morgan fingerprint density at radius 2 is 1.79 bits per heavy atom. The zero-order chi connectivity index (χ0) is 17.4. The summed E-state index contributed by atoms with van der Waals surface area (Å²) < 4.78 is 3.21. The van der Waals surface area contributed by atoms with Crippen LogP contribution in [0, 0.1) is 27.7 Å². The third-order valence-electron chi connectivity index (χ3n) is 4.31. The Labute approximate surface area is 146 Å². The Morgan fingerprint density at radius 3 is 2.54 bits per heavy atom. The second-order valence-electron chi connectivity index (χ2n) is 6.49. The first-order chi connectivity index (χ1) is 11.3. The van der Waals surface area contributed by atoms with Crippen molar-refractivity contribution in [2.24, 2.45) is 12.0 Å². The van der Waals surface area contributed by atoms with Crippen LogP contribution in [0.4, 0.5) is 0 Å². The fourth-order valence-electron chi connectivity index (χ4n) is 2.97. The van der Waals surface area contributed by atoms with Crippen LogP contribution in [0.2, 0.25) is 0 Å². The number of hydrogen-bond donors (Lipinski definition) is 0. The van der Waals surface area contributed by atoms with E-state index in [-0.39, 0.29) is 5.91 Å². The van der Waals surface area contributed by atoms with Gasteiger partial charge in [-0.1, -0.05) is 41.2 Å². The summed E-state index contributed by atoms with van der Waals surface area (Å²) in [7, 11) is 1.97. The highest BCUT2D eigenvalue weighted by Gasteiger charge is 2.09. The number of thiazole rings is 1. The van der Waals surface area contributed by atoms with E-state index in [1.807, 2.05) is 25.5 Å². The van der Waals surface area contributed by atoms with E-state index in [9.17, 15) is 4.79 Å². The number of fused-ring (bicyclic) bond motifs is 1. The van der Waals surface area contributed by atoms with Gasteiger partial charge in [0, 0.05) is 7.05 Å². The number of carbonyl (C=O) groups excluding carboxylic acids is 1. The maximum absolute atomic E-state index is 12.5. The summed E-state index contributed by atoms with van der Waals surface area (Å²) in [6, 6.07) is 10.5. The lowest BCUT2D eigenvalue weighted by atomic mass is 10.0. The van der Waals surface area contributed by atoms with E-state index < -0.39 is 0 Å². The van der Waals surface area contributed by atoms with Crippen molar-refractivity contribution in [1.29, 1.82) is 0 Å². The van der Waals surface area contributed by atoms with E-state index >= 15 is 0 Å². The predicted molar refractivity (Wildman–Crippen MR) is 100 cm³/mol. The molecule has 0 radical (unpaired) electrons. The van der Waals surface area contributed by atoms with Crippen LogP contribution in [0.25, 0.3) is 10.2 Å². The monoisotopic (exact) mass is 338 g/mol. The Balaban J connectivity index is 2.00. The number of aryl methyl sites for hydroxylation is 5. The van der Waals surface area contributed by atoms with E-state index in [1.165, 1.54) is 21.4 Å². The second-order valence-corrected chi connectivity index (χ2v) is 7.46. The van der Waals surface area contributed by atoms with Crippen molar-refractivity contribution in [3.05, 3.63) is 63.0 Å². The lowest BCUT2D eigenvalue weighted by Crippen LogP contribution is -2.14. The minimum absolute atomic E-state index is 0.0970. The second kappa shape index (κ2) is 6.36. The number of aromatic nitrogens is 1. The standard InChI is InChI=1S/C20H22N2OS/c1-12-6-7-14(3)16(9-12)11-18(23)21-20-22(5)17-10-13(2)8-15(4)19(17)24-20/h6-10H,11H2,1-5H3. The summed E-state index contributed by atoms with van der Waals surface area (Å²) in [6.07, 6.45) is 0.347. The van der Waals surface area contributed by atoms with Gasteiger partial charge in [0.15, 0.2) is 4.80 Å². The molecule has 24 heavy (non-hydrogen) atoms. The first kappa shape index (κ1) is 16.7. The third-order valence-corrected chi connectivity index (χ3v) is 5.59. The van der Waals surface area contributed by atoms with E-state index in [0.717, 1.165) is 21.4 Å². The lowest BCUT2D eigenvalue weighted by Gasteiger charge is -2.04. The minimum atomic E-state index is -0.0970. The molecule has 0 aliphatic rings. The first-order valence-corrected chi connectivity index (χ1v) is 8.87. The summed E-state index contributed by atoms with van der Waals surface area (Å²) >= 11 is 1.58. The summed E-state index contributed by atoms with van der Waals surface area (Å²) in [4.78, 5) is 17.6. The largest absolute Gasteiger partial charge is 0.319 e. The number of benzene rings is 2. The van der Waals surface area contributed by atoms with Crippen LogP contribution in [-0.2, 0) is 18.3 Å². The van der Waals surface area contributed by atoms with Crippen LogP contribution in [-0.4, -0.2) is 10.5 Å². The maximum Gasteiger partial charge on any atom is 0.252 e. The van der Waals surface area contributed by atoms with Crippen molar-refractivity contribution >= 4 is 27.5 Å². The maximum atomic E-state index is 12.5. The molecule has 0 atom stereocenters. The molecule has 1 heterocycles. The molecule has 3 nitrogen and oxygen atoms in total. The number of rotatable bonds is 2. The summed E-state index contributed by atoms with van der Waals surface area (Å²) in [6.45, 7) is 8.27. The van der Waals surface area contributed by atoms with Gasteiger partial charge in [-0.25, -0.2) is 0 Å². The topological polar surface area (TPSA) is 34.4 Å². The third kappa shape index (κ3) is 3.20. The molecule has 0 spiro atoms. The van der Waals surface area contributed by atoms with Gasteiger partial charge in [0.25, 0.3) is 5.91 Å². The number of amides is 1. The number of carbonyl (C=O) groups is 1. The van der Waals surface area contributed by atoms with Gasteiger partial charge in [-0.2, -0.15) is 4.99 Å². The normalized spacial score (nSPS) is 12.1. The van der Waals surface area contributed by atoms with Crippen LogP contribution in [0.1, 0.15) is 27.8 Å². The average molecular weight is 338 g/mol. The molecule has 0 N–H and O–H groups in total. The molecule has 1 aromatic heterocycles. The molecule has 2 aromatic carbocycles. The molecule has 3 rings (SSSR count). The molecule has 0 saturated heterocycles. The molecule has 0 aliphatic carbocycles. The molecule has 1 amide bonds. The number of hydrogen-bond acceptors (Lipinski definition) is 2. The van der Waals surface area contributed by atoms with Gasteiger partial charge in [-0.05, 0) is 56.0 Å². The summed E-state index contributed by atoms with van der Waals surface area (Å²) in [5.41, 5.74) is 6.95. The Kier molecular flexibility index (Phi) is 4.41. The number of nitrogens with zero attached hydrogens (tertiary/aromatic N) is 2. The Morgan fingerprint density at radius 1 is 1.04 bits per heavy atom. The summed E-state index contributed by atoms with van der Waals surface area (Å²) in [5.74, 6) is -0.0970. The molecule has 124 valence electrons. The van der Waals surface area contributed by atoms with Gasteiger partial charge in [-0.15, -0.1) is 0 Å². The predicted octanol–water partition coefficient (Wildman–Crippen LogP) is 4.14. The van der Waals surface area contributed by atoms with Crippen molar-refractivity contribution in [2.75, 3.05) is 0 Å². The van der Waals surface area contributed by atoms with E-state index in [2.05, 4.69) is 49.2 Å². The molecule has 0 bridgehead atoms.